The molecule has 0 radical (unpaired) electrons. The van der Waals surface area contributed by atoms with Crippen molar-refractivity contribution in [1.29, 1.82) is 0 Å². The van der Waals surface area contributed by atoms with Crippen LogP contribution in [0.3, 0.4) is 0 Å². The van der Waals surface area contributed by atoms with E-state index < -0.39 is 13.3 Å². The summed E-state index contributed by atoms with van der Waals surface area (Å²) in [4.78, 5) is 0. The first-order valence-corrected chi connectivity index (χ1v) is 21.5. The summed E-state index contributed by atoms with van der Waals surface area (Å²) in [5.41, 5.74) is 14.8. The summed E-state index contributed by atoms with van der Waals surface area (Å²) >= 11 is 0. The minimum Gasteiger partial charge on any atom is -0.309 e. The molecule has 2 nitrogen and oxygen atoms in total. The first-order chi connectivity index (χ1) is 28.8. The molecule has 9 aromatic carbocycles. The second-order valence-electron chi connectivity index (χ2n) is 15.7. The van der Waals surface area contributed by atoms with Crippen LogP contribution in [0, 0.1) is 0 Å². The lowest BCUT2D eigenvalue weighted by Gasteiger charge is -2.48. The van der Waals surface area contributed by atoms with Crippen molar-refractivity contribution >= 4 is 67.4 Å². The van der Waals surface area contributed by atoms with Crippen molar-refractivity contribution in [3.8, 4) is 22.5 Å². The van der Waals surface area contributed by atoms with Gasteiger partial charge in [0, 0.05) is 27.2 Å². The number of rotatable bonds is 3. The van der Waals surface area contributed by atoms with Gasteiger partial charge in [-0.1, -0.05) is 164 Å². The summed E-state index contributed by atoms with van der Waals surface area (Å²) in [5, 5.41) is 9.34. The first-order valence-electron chi connectivity index (χ1n) is 20.1. The molecule has 1 unspecified atom stereocenters. The van der Waals surface area contributed by atoms with Gasteiger partial charge in [0.15, 0.2) is 0 Å². The Labute approximate surface area is 337 Å². The Bertz CT molecular complexity index is 3470. The normalized spacial score (nSPS) is 16.5. The lowest BCUT2D eigenvalue weighted by Crippen LogP contribution is -2.47. The zero-order valence-electron chi connectivity index (χ0n) is 31.5. The van der Waals surface area contributed by atoms with Gasteiger partial charge in [0.2, 0.25) is 0 Å². The van der Waals surface area contributed by atoms with Crippen molar-refractivity contribution in [2.24, 2.45) is 0 Å². The molecule has 13 rings (SSSR count). The molecule has 0 saturated heterocycles. The molecule has 3 heteroatoms. The first kappa shape index (κ1) is 32.1. The van der Waals surface area contributed by atoms with E-state index in [4.69, 9.17) is 0 Å². The molecule has 4 heterocycles. The lowest BCUT2D eigenvalue weighted by molar-refractivity contribution is 0.734. The van der Waals surface area contributed by atoms with E-state index in [1.807, 2.05) is 0 Å². The van der Waals surface area contributed by atoms with Crippen molar-refractivity contribution in [2.45, 2.75) is 5.41 Å². The van der Waals surface area contributed by atoms with E-state index in [-0.39, 0.29) is 0 Å². The van der Waals surface area contributed by atoms with E-state index in [1.165, 1.54) is 104 Å². The minimum absolute atomic E-state index is 0.522. The fourth-order valence-electron chi connectivity index (χ4n) is 10.6. The number of aromatic nitrogens is 2. The molecule has 0 aliphatic carbocycles. The van der Waals surface area contributed by atoms with E-state index in [0.717, 1.165) is 0 Å². The third-order valence-electron chi connectivity index (χ3n) is 12.9. The molecule has 0 amide bonds. The van der Waals surface area contributed by atoms with Crippen LogP contribution in [0.1, 0.15) is 22.3 Å². The third kappa shape index (κ3) is 4.15. The number of nitrogens with zero attached hydrogens (tertiary/aromatic N) is 2. The Morgan fingerprint density at radius 1 is 0.345 bits per heavy atom. The molecule has 2 aliphatic rings. The lowest BCUT2D eigenvalue weighted by atomic mass is 9.62. The van der Waals surface area contributed by atoms with E-state index in [9.17, 15) is 0 Å². The molecule has 1 spiro atoms. The molecular weight excluding hydrogens is 720 g/mol. The highest BCUT2D eigenvalue weighted by Crippen LogP contribution is 2.58. The monoisotopic (exact) mass is 754 g/mol. The van der Waals surface area contributed by atoms with Crippen molar-refractivity contribution in [3.05, 3.63) is 235 Å². The van der Waals surface area contributed by atoms with Crippen LogP contribution in [0.2, 0.25) is 0 Å². The van der Waals surface area contributed by atoms with Crippen LogP contribution in [-0.4, -0.2) is 9.13 Å². The highest BCUT2D eigenvalue weighted by Gasteiger charge is 2.51. The van der Waals surface area contributed by atoms with E-state index >= 15 is 0 Å². The summed E-state index contributed by atoms with van der Waals surface area (Å²) in [6.45, 7) is 0. The van der Waals surface area contributed by atoms with Gasteiger partial charge < -0.3 is 9.13 Å². The zero-order chi connectivity index (χ0) is 38.0. The summed E-state index contributed by atoms with van der Waals surface area (Å²) in [7, 11) is -0.891. The van der Waals surface area contributed by atoms with Gasteiger partial charge in [-0.15, -0.1) is 0 Å². The number of para-hydroxylation sites is 5. The molecule has 0 fully saturated rings. The van der Waals surface area contributed by atoms with Crippen molar-refractivity contribution in [3.63, 3.8) is 0 Å². The fourth-order valence-corrected chi connectivity index (χ4v) is 13.4. The Balaban J connectivity index is 1.13. The summed E-state index contributed by atoms with van der Waals surface area (Å²) in [5.74, 6) is 0. The van der Waals surface area contributed by atoms with Crippen LogP contribution >= 0.6 is 7.92 Å². The number of hydrogen-bond acceptors (Lipinski definition) is 0. The average Bonchev–Trinajstić information content (AvgIpc) is 3.81. The smallest absolute Gasteiger partial charge is 0.0755 e. The number of hydrogen-bond donors (Lipinski definition) is 0. The quantitative estimate of drug-likeness (QED) is 0.159. The molecule has 2 aliphatic heterocycles. The summed E-state index contributed by atoms with van der Waals surface area (Å²) in [6.07, 6.45) is 0. The summed E-state index contributed by atoms with van der Waals surface area (Å²) in [6, 6.07) is 79.8. The summed E-state index contributed by atoms with van der Waals surface area (Å²) < 4.78 is 4.93. The van der Waals surface area contributed by atoms with Gasteiger partial charge >= 0.3 is 0 Å². The van der Waals surface area contributed by atoms with Crippen LogP contribution in [0.15, 0.2) is 212 Å². The molecule has 0 saturated carbocycles. The van der Waals surface area contributed by atoms with Crippen LogP contribution in [0.4, 0.5) is 0 Å². The van der Waals surface area contributed by atoms with Crippen molar-refractivity contribution in [2.75, 3.05) is 0 Å². The molecule has 2 atom stereocenters. The Morgan fingerprint density at radius 2 is 0.914 bits per heavy atom. The van der Waals surface area contributed by atoms with Gasteiger partial charge in [-0.25, -0.2) is 0 Å². The second kappa shape index (κ2) is 12.0. The highest BCUT2D eigenvalue weighted by atomic mass is 31.1. The van der Waals surface area contributed by atoms with Gasteiger partial charge in [0.25, 0.3) is 0 Å². The third-order valence-corrected chi connectivity index (χ3v) is 15.4. The zero-order valence-corrected chi connectivity index (χ0v) is 32.4. The van der Waals surface area contributed by atoms with Crippen LogP contribution in [-0.2, 0) is 5.41 Å². The number of benzene rings is 9. The van der Waals surface area contributed by atoms with Gasteiger partial charge in [0.05, 0.1) is 33.2 Å². The molecule has 58 heavy (non-hydrogen) atoms. The molecular formula is C55H35N2P. The number of fused-ring (bicyclic) bond motifs is 14. The van der Waals surface area contributed by atoms with Crippen molar-refractivity contribution < 1.29 is 0 Å². The van der Waals surface area contributed by atoms with E-state index in [1.54, 1.807) is 0 Å². The molecule has 0 N–H and O–H groups in total. The topological polar surface area (TPSA) is 9.86 Å². The van der Waals surface area contributed by atoms with Gasteiger partial charge in [0.1, 0.15) is 0 Å². The van der Waals surface area contributed by atoms with Gasteiger partial charge in [-0.2, -0.15) is 0 Å². The largest absolute Gasteiger partial charge is 0.309 e. The minimum atomic E-state index is -0.891. The maximum absolute atomic E-state index is 2.55. The maximum Gasteiger partial charge on any atom is 0.0755 e. The predicted octanol–water partition coefficient (Wildman–Crippen LogP) is 12.3. The van der Waals surface area contributed by atoms with Crippen LogP contribution < -0.4 is 15.9 Å². The second-order valence-corrected chi connectivity index (χ2v) is 17.8. The SMILES string of the molecule is c1ccc(-n2c3ccccc3c3cc(-c4ccc5c(c4)[P@@](c4ccccc4)c4ccccc4C54c5ccccc5-n5c6ccccc6c6cccc4c65)ccc32)cc1. The maximum atomic E-state index is 2.55. The molecule has 270 valence electrons. The van der Waals surface area contributed by atoms with Gasteiger partial charge in [-0.05, 0) is 106 Å². The Kier molecular flexibility index (Phi) is 6.65. The predicted molar refractivity (Wildman–Crippen MR) is 245 cm³/mol. The highest BCUT2D eigenvalue weighted by molar-refractivity contribution is 7.80. The van der Waals surface area contributed by atoms with Gasteiger partial charge in [-0.3, -0.25) is 0 Å². The van der Waals surface area contributed by atoms with E-state index in [2.05, 4.69) is 221 Å². The Morgan fingerprint density at radius 3 is 1.74 bits per heavy atom. The van der Waals surface area contributed by atoms with Crippen molar-refractivity contribution in [1.82, 2.24) is 9.13 Å². The Hall–Kier alpha value is -6.99. The van der Waals surface area contributed by atoms with E-state index in [0.29, 0.717) is 0 Å². The fraction of sp³-hybridized carbons (Fsp3) is 0.0182. The average molecular weight is 755 g/mol. The molecule has 0 bridgehead atoms. The van der Waals surface area contributed by atoms with Crippen LogP contribution in [0.25, 0.3) is 66.1 Å². The standard InChI is InChI=1S/C55H35N2P/c1-3-16-38(17-4-1)56-48-26-11-8-21-41(48)43-34-36(31-33-50(43)56)37-30-32-46-53(35-37)58(39-18-5-2-6-19-39)52-29-14-10-24-45(52)55(46)44-23-9-13-28-51(44)57-49-27-12-7-20-40(49)42-22-15-25-47(55)54(42)57/h1-35H/t55?,58-/m0/s1. The molecule has 2 aromatic heterocycles. The molecule has 11 aromatic rings. The van der Waals surface area contributed by atoms with Crippen LogP contribution in [0.5, 0.6) is 0 Å².